The minimum absolute atomic E-state index is 0.239. The van der Waals surface area contributed by atoms with Crippen LogP contribution in [0.5, 0.6) is 0 Å². The van der Waals surface area contributed by atoms with E-state index in [0.29, 0.717) is 11.4 Å². The van der Waals surface area contributed by atoms with Crippen LogP contribution < -0.4 is 0 Å². The van der Waals surface area contributed by atoms with Crippen LogP contribution >= 0.6 is 0 Å². The molecule has 5 heteroatoms. The molecule has 1 aliphatic heterocycles. The Labute approximate surface area is 146 Å². The third-order valence-corrected chi connectivity index (χ3v) is 6.69. The number of nitrogens with zero attached hydrogens (tertiary/aromatic N) is 1. The van der Waals surface area contributed by atoms with Gasteiger partial charge in [0.05, 0.1) is 10.9 Å². The average Bonchev–Trinajstić information content (AvgIpc) is 3.12. The molecule has 0 N–H and O–H groups in total. The maximum Gasteiger partial charge on any atom is 0.243 e. The third-order valence-electron chi connectivity index (χ3n) is 4.79. The predicted molar refractivity (Wildman–Crippen MR) is 96.2 cm³/mol. The van der Waals surface area contributed by atoms with Gasteiger partial charge in [0.2, 0.25) is 10.0 Å². The Balaban J connectivity index is 1.73. The van der Waals surface area contributed by atoms with Gasteiger partial charge in [0, 0.05) is 6.54 Å². The van der Waals surface area contributed by atoms with Gasteiger partial charge >= 0.3 is 0 Å². The van der Waals surface area contributed by atoms with Crippen LogP contribution in [-0.4, -0.2) is 19.3 Å². The Hall–Kier alpha value is -2.24. The molecule has 0 aromatic heterocycles. The summed E-state index contributed by atoms with van der Waals surface area (Å²) in [6, 6.07) is 18.8. The van der Waals surface area contributed by atoms with Crippen molar-refractivity contribution in [1.82, 2.24) is 4.31 Å². The number of sulfonamides is 1. The number of hydrogen-bond donors (Lipinski definition) is 0. The molecule has 1 atom stereocenters. The zero-order chi connectivity index (χ0) is 17.4. The van der Waals surface area contributed by atoms with Crippen LogP contribution in [0.4, 0.5) is 4.39 Å². The zero-order valence-electron chi connectivity index (χ0n) is 13.6. The third kappa shape index (κ3) is 2.94. The van der Waals surface area contributed by atoms with Crippen LogP contribution in [0.1, 0.15) is 24.4 Å². The summed E-state index contributed by atoms with van der Waals surface area (Å²) < 4.78 is 41.1. The molecule has 128 valence electrons. The fourth-order valence-electron chi connectivity index (χ4n) is 3.51. The van der Waals surface area contributed by atoms with Crippen LogP contribution in [0.2, 0.25) is 0 Å². The molecule has 0 spiro atoms. The van der Waals surface area contributed by atoms with Gasteiger partial charge in [-0.15, -0.1) is 0 Å². The van der Waals surface area contributed by atoms with Crippen LogP contribution in [0, 0.1) is 5.82 Å². The SMILES string of the molecule is O=S(=O)(c1ccc2ccccc2c1)N1CCC[C@H]1c1ccc(F)cc1. The fourth-order valence-corrected chi connectivity index (χ4v) is 5.23. The molecule has 0 saturated carbocycles. The lowest BCUT2D eigenvalue weighted by Crippen LogP contribution is -2.30. The van der Waals surface area contributed by atoms with Gasteiger partial charge < -0.3 is 0 Å². The van der Waals surface area contributed by atoms with E-state index in [9.17, 15) is 12.8 Å². The van der Waals surface area contributed by atoms with Crippen molar-refractivity contribution < 1.29 is 12.8 Å². The summed E-state index contributed by atoms with van der Waals surface area (Å²) in [5.74, 6) is -0.314. The molecule has 3 aromatic rings. The number of benzene rings is 3. The Morgan fingerprint density at radius 2 is 1.64 bits per heavy atom. The smallest absolute Gasteiger partial charge is 0.207 e. The standard InChI is InChI=1S/C20H18FNO2S/c21-18-10-7-16(8-11-18)20-6-3-13-22(20)25(23,24)19-12-9-15-4-1-2-5-17(15)14-19/h1-2,4-5,7-12,14,20H,3,6,13H2/t20-/m0/s1. The lowest BCUT2D eigenvalue weighted by Gasteiger charge is -2.24. The first-order valence-electron chi connectivity index (χ1n) is 8.32. The molecule has 25 heavy (non-hydrogen) atoms. The van der Waals surface area contributed by atoms with Crippen LogP contribution in [0.25, 0.3) is 10.8 Å². The van der Waals surface area contributed by atoms with Gasteiger partial charge in [-0.25, -0.2) is 12.8 Å². The summed E-state index contributed by atoms with van der Waals surface area (Å²) in [6.45, 7) is 0.483. The van der Waals surface area contributed by atoms with E-state index < -0.39 is 10.0 Å². The fraction of sp³-hybridized carbons (Fsp3) is 0.200. The minimum atomic E-state index is -3.60. The van der Waals surface area contributed by atoms with Crippen molar-refractivity contribution in [2.45, 2.75) is 23.8 Å². The second-order valence-electron chi connectivity index (χ2n) is 6.33. The monoisotopic (exact) mass is 355 g/mol. The summed E-state index contributed by atoms with van der Waals surface area (Å²) >= 11 is 0. The molecule has 1 heterocycles. The first-order chi connectivity index (χ1) is 12.1. The normalized spacial score (nSPS) is 18.7. The molecule has 1 aliphatic rings. The summed E-state index contributed by atoms with van der Waals surface area (Å²) in [4.78, 5) is 0.306. The predicted octanol–water partition coefficient (Wildman–Crippen LogP) is 4.50. The van der Waals surface area contributed by atoms with E-state index in [4.69, 9.17) is 0 Å². The number of rotatable bonds is 3. The maximum absolute atomic E-state index is 13.2. The van der Waals surface area contributed by atoms with Gasteiger partial charge in [0.25, 0.3) is 0 Å². The molecule has 0 radical (unpaired) electrons. The van der Waals surface area contributed by atoms with Gasteiger partial charge in [0.15, 0.2) is 0 Å². The summed E-state index contributed by atoms with van der Waals surface area (Å²) in [7, 11) is -3.60. The second-order valence-corrected chi connectivity index (χ2v) is 8.22. The van der Waals surface area contributed by atoms with Crippen molar-refractivity contribution in [1.29, 1.82) is 0 Å². The summed E-state index contributed by atoms with van der Waals surface area (Å²) in [6.07, 6.45) is 1.55. The van der Waals surface area contributed by atoms with Gasteiger partial charge in [-0.1, -0.05) is 42.5 Å². The van der Waals surface area contributed by atoms with Crippen LogP contribution in [-0.2, 0) is 10.0 Å². The quantitative estimate of drug-likeness (QED) is 0.693. The van der Waals surface area contributed by atoms with E-state index in [0.717, 1.165) is 29.2 Å². The van der Waals surface area contributed by atoms with Gasteiger partial charge in [-0.3, -0.25) is 0 Å². The van der Waals surface area contributed by atoms with Gasteiger partial charge in [0.1, 0.15) is 5.82 Å². The van der Waals surface area contributed by atoms with Crippen molar-refractivity contribution in [3.8, 4) is 0 Å². The van der Waals surface area contributed by atoms with E-state index in [2.05, 4.69) is 0 Å². The van der Waals surface area contributed by atoms with E-state index in [1.54, 1.807) is 28.6 Å². The van der Waals surface area contributed by atoms with Crippen molar-refractivity contribution in [3.05, 3.63) is 78.1 Å². The molecular formula is C20H18FNO2S. The first-order valence-corrected chi connectivity index (χ1v) is 9.76. The van der Waals surface area contributed by atoms with Crippen molar-refractivity contribution in [2.24, 2.45) is 0 Å². The van der Waals surface area contributed by atoms with Crippen molar-refractivity contribution in [2.75, 3.05) is 6.54 Å². The highest BCUT2D eigenvalue weighted by Crippen LogP contribution is 2.37. The molecular weight excluding hydrogens is 337 g/mol. The molecule has 1 saturated heterocycles. The van der Waals surface area contributed by atoms with E-state index in [1.807, 2.05) is 30.3 Å². The van der Waals surface area contributed by atoms with E-state index >= 15 is 0 Å². The van der Waals surface area contributed by atoms with Crippen LogP contribution in [0.3, 0.4) is 0 Å². The highest BCUT2D eigenvalue weighted by molar-refractivity contribution is 7.89. The highest BCUT2D eigenvalue weighted by Gasteiger charge is 2.36. The largest absolute Gasteiger partial charge is 0.243 e. The minimum Gasteiger partial charge on any atom is -0.207 e. The first kappa shape index (κ1) is 16.2. The van der Waals surface area contributed by atoms with Crippen molar-refractivity contribution >= 4 is 20.8 Å². The highest BCUT2D eigenvalue weighted by atomic mass is 32.2. The average molecular weight is 355 g/mol. The maximum atomic E-state index is 13.2. The van der Waals surface area contributed by atoms with Gasteiger partial charge in [-0.05, 0) is 53.4 Å². The molecule has 3 nitrogen and oxygen atoms in total. The molecule has 0 aliphatic carbocycles. The lowest BCUT2D eigenvalue weighted by atomic mass is 10.1. The Morgan fingerprint density at radius 1 is 0.920 bits per heavy atom. The molecule has 0 bridgehead atoms. The van der Waals surface area contributed by atoms with Crippen LogP contribution in [0.15, 0.2) is 71.6 Å². The Kier molecular flexibility index (Phi) is 4.06. The number of hydrogen-bond acceptors (Lipinski definition) is 2. The van der Waals surface area contributed by atoms with E-state index in [1.165, 1.54) is 12.1 Å². The summed E-state index contributed by atoms with van der Waals surface area (Å²) in [5, 5.41) is 1.92. The Morgan fingerprint density at radius 3 is 2.40 bits per heavy atom. The lowest BCUT2D eigenvalue weighted by molar-refractivity contribution is 0.396. The summed E-state index contributed by atoms with van der Waals surface area (Å²) in [5.41, 5.74) is 0.836. The van der Waals surface area contributed by atoms with E-state index in [-0.39, 0.29) is 11.9 Å². The van der Waals surface area contributed by atoms with Crippen molar-refractivity contribution in [3.63, 3.8) is 0 Å². The molecule has 4 rings (SSSR count). The molecule has 3 aromatic carbocycles. The topological polar surface area (TPSA) is 37.4 Å². The molecule has 0 unspecified atom stereocenters. The second kappa shape index (κ2) is 6.24. The zero-order valence-corrected chi connectivity index (χ0v) is 14.4. The molecule has 0 amide bonds. The Bertz CT molecular complexity index is 1020. The molecule has 1 fully saturated rings. The van der Waals surface area contributed by atoms with Gasteiger partial charge in [-0.2, -0.15) is 4.31 Å². The number of fused-ring (bicyclic) bond motifs is 1. The number of halogens is 1.